The third-order valence-electron chi connectivity index (χ3n) is 3.57. The lowest BCUT2D eigenvalue weighted by atomic mass is 10.1. The van der Waals surface area contributed by atoms with E-state index in [0.717, 1.165) is 12.0 Å². The summed E-state index contributed by atoms with van der Waals surface area (Å²) < 4.78 is 18.0. The Morgan fingerprint density at radius 2 is 2.14 bits per heavy atom. The molecule has 0 bridgehead atoms. The molecule has 2 rings (SSSR count). The molecule has 1 aromatic carbocycles. The molecule has 1 heterocycles. The van der Waals surface area contributed by atoms with Crippen LogP contribution in [0.15, 0.2) is 24.3 Å². The van der Waals surface area contributed by atoms with Crippen molar-refractivity contribution in [2.75, 3.05) is 19.7 Å². The maximum absolute atomic E-state index is 13.0. The predicted molar refractivity (Wildman–Crippen MR) is 79.5 cm³/mol. The Morgan fingerprint density at radius 3 is 2.82 bits per heavy atom. The molecular weight excluding hydrogens is 287 g/mol. The van der Waals surface area contributed by atoms with Gasteiger partial charge in [-0.05, 0) is 24.1 Å². The van der Waals surface area contributed by atoms with Gasteiger partial charge in [-0.2, -0.15) is 0 Å². The topological polar surface area (TPSA) is 58.6 Å². The monoisotopic (exact) mass is 308 g/mol. The minimum absolute atomic E-state index is 0.0348. The van der Waals surface area contributed by atoms with E-state index < -0.39 is 6.04 Å². The van der Waals surface area contributed by atoms with Crippen LogP contribution >= 0.6 is 0 Å². The van der Waals surface area contributed by atoms with E-state index >= 15 is 0 Å². The summed E-state index contributed by atoms with van der Waals surface area (Å²) >= 11 is 0. The maximum atomic E-state index is 13.0. The van der Waals surface area contributed by atoms with Gasteiger partial charge in [-0.15, -0.1) is 0 Å². The number of benzene rings is 1. The summed E-state index contributed by atoms with van der Waals surface area (Å²) in [5, 5.41) is 2.77. The molecule has 1 aliphatic rings. The Balaban J connectivity index is 2.01. The molecule has 0 aliphatic carbocycles. The summed E-state index contributed by atoms with van der Waals surface area (Å²) in [6, 6.07) is 5.62. The molecular formula is C16H21FN2O3. The van der Waals surface area contributed by atoms with Crippen LogP contribution in [-0.4, -0.2) is 42.5 Å². The normalized spacial score (nSPS) is 18.8. The van der Waals surface area contributed by atoms with E-state index in [1.807, 2.05) is 11.8 Å². The smallest absolute Gasteiger partial charge is 0.307 e. The molecule has 0 radical (unpaired) electrons. The van der Waals surface area contributed by atoms with Gasteiger partial charge in [0.2, 0.25) is 5.91 Å². The Kier molecular flexibility index (Phi) is 5.89. The molecule has 0 spiro atoms. The molecule has 120 valence electrons. The number of ether oxygens (including phenoxy) is 1. The highest BCUT2D eigenvalue weighted by molar-refractivity contribution is 5.87. The second-order valence-electron chi connectivity index (χ2n) is 5.33. The van der Waals surface area contributed by atoms with Crippen LogP contribution in [-0.2, 0) is 20.9 Å². The number of nitrogens with zero attached hydrogens (tertiary/aromatic N) is 1. The van der Waals surface area contributed by atoms with Crippen molar-refractivity contribution in [1.82, 2.24) is 10.2 Å². The molecule has 1 saturated heterocycles. The van der Waals surface area contributed by atoms with Gasteiger partial charge in [0.05, 0.1) is 13.0 Å². The molecule has 1 aliphatic heterocycles. The fourth-order valence-electron chi connectivity index (χ4n) is 2.43. The van der Waals surface area contributed by atoms with E-state index in [-0.39, 0.29) is 24.1 Å². The number of esters is 1. The number of hydrogen-bond donors (Lipinski definition) is 1. The highest BCUT2D eigenvalue weighted by Gasteiger charge is 2.32. The van der Waals surface area contributed by atoms with Gasteiger partial charge in [0.1, 0.15) is 11.9 Å². The minimum Gasteiger partial charge on any atom is -0.466 e. The van der Waals surface area contributed by atoms with Crippen molar-refractivity contribution in [2.45, 2.75) is 32.4 Å². The van der Waals surface area contributed by atoms with Gasteiger partial charge >= 0.3 is 5.97 Å². The summed E-state index contributed by atoms with van der Waals surface area (Å²) in [6.07, 6.45) is 0.787. The summed E-state index contributed by atoms with van der Waals surface area (Å²) in [5.74, 6) is -0.824. The number of hydrogen-bond acceptors (Lipinski definition) is 4. The number of carbonyl (C=O) groups is 2. The molecule has 1 fully saturated rings. The molecule has 1 N–H and O–H groups in total. The van der Waals surface area contributed by atoms with Gasteiger partial charge in [0, 0.05) is 19.6 Å². The Labute approximate surface area is 129 Å². The largest absolute Gasteiger partial charge is 0.466 e. The zero-order chi connectivity index (χ0) is 15.9. The molecule has 0 unspecified atom stereocenters. The Morgan fingerprint density at radius 1 is 1.41 bits per heavy atom. The lowest BCUT2D eigenvalue weighted by Gasteiger charge is -2.34. The summed E-state index contributed by atoms with van der Waals surface area (Å²) in [4.78, 5) is 25.7. The molecule has 0 saturated carbocycles. The second-order valence-corrected chi connectivity index (χ2v) is 5.33. The van der Waals surface area contributed by atoms with Gasteiger partial charge in [-0.1, -0.05) is 19.1 Å². The zero-order valence-electron chi connectivity index (χ0n) is 12.7. The van der Waals surface area contributed by atoms with Crippen molar-refractivity contribution in [2.24, 2.45) is 0 Å². The molecule has 1 aromatic rings. The van der Waals surface area contributed by atoms with Crippen LogP contribution < -0.4 is 5.32 Å². The molecule has 5 nitrogen and oxygen atoms in total. The first-order chi connectivity index (χ1) is 10.6. The first-order valence-electron chi connectivity index (χ1n) is 7.52. The van der Waals surface area contributed by atoms with Gasteiger partial charge < -0.3 is 10.1 Å². The van der Waals surface area contributed by atoms with Crippen molar-refractivity contribution in [1.29, 1.82) is 0 Å². The summed E-state index contributed by atoms with van der Waals surface area (Å²) in [6.45, 7) is 3.97. The average molecular weight is 308 g/mol. The third-order valence-corrected chi connectivity index (χ3v) is 3.57. The fourth-order valence-corrected chi connectivity index (χ4v) is 2.43. The molecule has 1 amide bonds. The Hall–Kier alpha value is -1.95. The van der Waals surface area contributed by atoms with Crippen LogP contribution in [0.5, 0.6) is 0 Å². The van der Waals surface area contributed by atoms with E-state index in [9.17, 15) is 14.0 Å². The molecule has 0 aromatic heterocycles. The fraction of sp³-hybridized carbons (Fsp3) is 0.500. The second kappa shape index (κ2) is 7.89. The van der Waals surface area contributed by atoms with E-state index in [1.54, 1.807) is 12.1 Å². The van der Waals surface area contributed by atoms with Crippen LogP contribution in [0.25, 0.3) is 0 Å². The van der Waals surface area contributed by atoms with Crippen LogP contribution in [0.1, 0.15) is 25.3 Å². The molecule has 1 atom stereocenters. The van der Waals surface area contributed by atoms with Gasteiger partial charge in [-0.25, -0.2) is 4.39 Å². The molecule has 6 heteroatoms. The number of rotatable bonds is 6. The van der Waals surface area contributed by atoms with Crippen molar-refractivity contribution in [3.05, 3.63) is 35.6 Å². The van der Waals surface area contributed by atoms with E-state index in [4.69, 9.17) is 4.74 Å². The first kappa shape index (κ1) is 16.4. The predicted octanol–water partition coefficient (Wildman–Crippen LogP) is 1.47. The van der Waals surface area contributed by atoms with Crippen molar-refractivity contribution in [3.8, 4) is 0 Å². The maximum Gasteiger partial charge on any atom is 0.307 e. The van der Waals surface area contributed by atoms with Crippen molar-refractivity contribution < 1.29 is 18.7 Å². The lowest BCUT2D eigenvalue weighted by Crippen LogP contribution is -2.55. The number of amides is 1. The van der Waals surface area contributed by atoms with Crippen LogP contribution in [0, 0.1) is 5.82 Å². The highest BCUT2D eigenvalue weighted by Crippen LogP contribution is 2.15. The van der Waals surface area contributed by atoms with Crippen LogP contribution in [0.2, 0.25) is 0 Å². The third kappa shape index (κ3) is 4.53. The van der Waals surface area contributed by atoms with Crippen molar-refractivity contribution >= 4 is 11.9 Å². The van der Waals surface area contributed by atoms with Gasteiger partial charge in [0.25, 0.3) is 0 Å². The minimum atomic E-state index is -0.539. The van der Waals surface area contributed by atoms with Gasteiger partial charge in [-0.3, -0.25) is 14.5 Å². The summed E-state index contributed by atoms with van der Waals surface area (Å²) in [5.41, 5.74) is 0.906. The van der Waals surface area contributed by atoms with Crippen LogP contribution in [0.4, 0.5) is 4.39 Å². The number of halogens is 1. The summed E-state index contributed by atoms with van der Waals surface area (Å²) in [7, 11) is 0. The molecule has 22 heavy (non-hydrogen) atoms. The lowest BCUT2D eigenvalue weighted by molar-refractivity contribution is -0.148. The zero-order valence-corrected chi connectivity index (χ0v) is 12.7. The Bertz CT molecular complexity index is 519. The average Bonchev–Trinajstić information content (AvgIpc) is 2.51. The van der Waals surface area contributed by atoms with E-state index in [0.29, 0.717) is 26.2 Å². The highest BCUT2D eigenvalue weighted by atomic mass is 19.1. The SMILES string of the molecule is CCCOC(=O)C[C@@H]1C(=O)NCCN1Cc1ccc(F)cc1. The number of piperazine rings is 1. The van der Waals surface area contributed by atoms with Crippen LogP contribution in [0.3, 0.4) is 0 Å². The quantitative estimate of drug-likeness (QED) is 0.809. The van der Waals surface area contributed by atoms with E-state index in [1.165, 1.54) is 12.1 Å². The standard InChI is InChI=1S/C16H21FN2O3/c1-2-9-22-15(20)10-14-16(21)18-7-8-19(14)11-12-3-5-13(17)6-4-12/h3-6,14H,2,7-11H2,1H3,(H,18,21)/t14-/m1/s1. The number of carbonyl (C=O) groups excluding carboxylic acids is 2. The van der Waals surface area contributed by atoms with E-state index in [2.05, 4.69) is 5.32 Å². The van der Waals surface area contributed by atoms with Gasteiger partial charge in [0.15, 0.2) is 0 Å². The van der Waals surface area contributed by atoms with Crippen molar-refractivity contribution in [3.63, 3.8) is 0 Å². The number of nitrogens with one attached hydrogen (secondary N) is 1. The first-order valence-corrected chi connectivity index (χ1v) is 7.52.